The van der Waals surface area contributed by atoms with Gasteiger partial charge >= 0.3 is 5.97 Å². The van der Waals surface area contributed by atoms with E-state index < -0.39 is 11.5 Å². The third-order valence-corrected chi connectivity index (χ3v) is 2.95. The molecular weight excluding hydrogens is 249 g/mol. The van der Waals surface area contributed by atoms with E-state index in [1.807, 2.05) is 0 Å². The zero-order valence-electron chi connectivity index (χ0n) is 10.5. The average molecular weight is 261 g/mol. The van der Waals surface area contributed by atoms with Gasteiger partial charge in [0.25, 0.3) is 5.56 Å². The second kappa shape index (κ2) is 4.68. The topological polar surface area (TPSA) is 59.3 Å². The highest BCUT2D eigenvalue weighted by Gasteiger charge is 2.17. The third kappa shape index (κ3) is 2.27. The van der Waals surface area contributed by atoms with Gasteiger partial charge < -0.3 is 9.67 Å². The van der Waals surface area contributed by atoms with E-state index in [0.29, 0.717) is 16.7 Å². The van der Waals surface area contributed by atoms with Crippen molar-refractivity contribution in [3.8, 4) is 11.1 Å². The largest absolute Gasteiger partial charge is 0.477 e. The molecule has 4 nitrogen and oxygen atoms in total. The molecule has 0 unspecified atom stereocenters. The van der Waals surface area contributed by atoms with Crippen LogP contribution in [0.1, 0.15) is 15.9 Å². The van der Waals surface area contributed by atoms with Gasteiger partial charge in [-0.2, -0.15) is 0 Å². The first-order chi connectivity index (χ1) is 8.91. The molecule has 0 aliphatic heterocycles. The van der Waals surface area contributed by atoms with Gasteiger partial charge in [-0.1, -0.05) is 6.07 Å². The molecule has 1 aromatic carbocycles. The van der Waals surface area contributed by atoms with Crippen LogP contribution in [0.3, 0.4) is 0 Å². The zero-order valence-corrected chi connectivity index (χ0v) is 10.5. The van der Waals surface area contributed by atoms with E-state index in [1.54, 1.807) is 6.92 Å². The van der Waals surface area contributed by atoms with Gasteiger partial charge in [-0.25, -0.2) is 9.18 Å². The maximum atomic E-state index is 13.2. The minimum atomic E-state index is -1.29. The van der Waals surface area contributed by atoms with Gasteiger partial charge in [0.15, 0.2) is 0 Å². The van der Waals surface area contributed by atoms with Crippen molar-refractivity contribution < 1.29 is 14.3 Å². The molecule has 0 aliphatic carbocycles. The summed E-state index contributed by atoms with van der Waals surface area (Å²) in [7, 11) is 1.48. The Kier molecular flexibility index (Phi) is 3.21. The third-order valence-electron chi connectivity index (χ3n) is 2.95. The van der Waals surface area contributed by atoms with Gasteiger partial charge in [0, 0.05) is 18.8 Å². The van der Waals surface area contributed by atoms with Crippen molar-refractivity contribution in [2.24, 2.45) is 7.05 Å². The number of benzene rings is 1. The highest BCUT2D eigenvalue weighted by Crippen LogP contribution is 2.23. The van der Waals surface area contributed by atoms with Crippen molar-refractivity contribution in [2.45, 2.75) is 6.92 Å². The van der Waals surface area contributed by atoms with E-state index in [4.69, 9.17) is 5.11 Å². The Bertz CT molecular complexity index is 719. The first-order valence-electron chi connectivity index (χ1n) is 5.61. The standard InChI is InChI=1S/C14H12FNO3/c1-8-7-9(3-4-11(8)15)10-5-6-16(2)13(17)12(10)14(18)19/h3-7H,1-2H3,(H,18,19). The average Bonchev–Trinajstić information content (AvgIpc) is 2.35. The highest BCUT2D eigenvalue weighted by atomic mass is 19.1. The molecule has 0 bridgehead atoms. The van der Waals surface area contributed by atoms with Crippen LogP contribution in [0.4, 0.5) is 4.39 Å². The van der Waals surface area contributed by atoms with Crippen LogP contribution in [0.5, 0.6) is 0 Å². The van der Waals surface area contributed by atoms with E-state index in [9.17, 15) is 14.0 Å². The molecule has 0 atom stereocenters. The van der Waals surface area contributed by atoms with Gasteiger partial charge in [-0.3, -0.25) is 4.79 Å². The molecule has 2 aromatic rings. The van der Waals surface area contributed by atoms with E-state index in [0.717, 1.165) is 0 Å². The van der Waals surface area contributed by atoms with E-state index in [1.165, 1.54) is 42.1 Å². The van der Waals surface area contributed by atoms with E-state index in [2.05, 4.69) is 0 Å². The Morgan fingerprint density at radius 2 is 2.00 bits per heavy atom. The smallest absolute Gasteiger partial charge is 0.341 e. The summed E-state index contributed by atoms with van der Waals surface area (Å²) in [6, 6.07) is 5.78. The van der Waals surface area contributed by atoms with Gasteiger partial charge in [0.2, 0.25) is 0 Å². The van der Waals surface area contributed by atoms with Crippen LogP contribution in [0, 0.1) is 12.7 Å². The predicted molar refractivity (Wildman–Crippen MR) is 68.8 cm³/mol. The monoisotopic (exact) mass is 261 g/mol. The van der Waals surface area contributed by atoms with Gasteiger partial charge in [-0.05, 0) is 36.2 Å². The molecule has 0 saturated heterocycles. The first-order valence-corrected chi connectivity index (χ1v) is 5.61. The van der Waals surface area contributed by atoms with E-state index >= 15 is 0 Å². The Morgan fingerprint density at radius 1 is 1.32 bits per heavy atom. The number of carboxylic acid groups (broad SMARTS) is 1. The fourth-order valence-corrected chi connectivity index (χ4v) is 1.89. The molecule has 5 heteroatoms. The number of carbonyl (C=O) groups is 1. The summed E-state index contributed by atoms with van der Waals surface area (Å²) in [4.78, 5) is 23.1. The number of aryl methyl sites for hydroxylation is 2. The number of carboxylic acids is 1. The summed E-state index contributed by atoms with van der Waals surface area (Å²) in [6.45, 7) is 1.58. The van der Waals surface area contributed by atoms with Crippen LogP contribution < -0.4 is 5.56 Å². The molecule has 1 heterocycles. The number of nitrogens with zero attached hydrogens (tertiary/aromatic N) is 1. The lowest BCUT2D eigenvalue weighted by molar-refractivity contribution is 0.0695. The lowest BCUT2D eigenvalue weighted by Crippen LogP contribution is -2.24. The van der Waals surface area contributed by atoms with Crippen LogP contribution in [0.25, 0.3) is 11.1 Å². The lowest BCUT2D eigenvalue weighted by atomic mass is 9.99. The highest BCUT2D eigenvalue weighted by molar-refractivity contribution is 5.95. The number of hydrogen-bond acceptors (Lipinski definition) is 2. The summed E-state index contributed by atoms with van der Waals surface area (Å²) >= 11 is 0. The van der Waals surface area contributed by atoms with Crippen LogP contribution in [-0.2, 0) is 7.05 Å². The van der Waals surface area contributed by atoms with Crippen LogP contribution in [-0.4, -0.2) is 15.6 Å². The van der Waals surface area contributed by atoms with Gasteiger partial charge in [0.1, 0.15) is 11.4 Å². The second-order valence-corrected chi connectivity index (χ2v) is 4.29. The van der Waals surface area contributed by atoms with Crippen molar-refractivity contribution in [3.05, 3.63) is 57.8 Å². The summed E-state index contributed by atoms with van der Waals surface area (Å²) in [5, 5.41) is 9.17. The number of pyridine rings is 1. The lowest BCUT2D eigenvalue weighted by Gasteiger charge is -2.09. The molecule has 0 saturated carbocycles. The van der Waals surface area contributed by atoms with Crippen molar-refractivity contribution >= 4 is 5.97 Å². The normalized spacial score (nSPS) is 10.5. The molecule has 2 rings (SSSR count). The van der Waals surface area contributed by atoms with Crippen LogP contribution >= 0.6 is 0 Å². The first kappa shape index (κ1) is 13.0. The van der Waals surface area contributed by atoms with E-state index in [-0.39, 0.29) is 11.4 Å². The number of aromatic nitrogens is 1. The fraction of sp³-hybridized carbons (Fsp3) is 0.143. The maximum Gasteiger partial charge on any atom is 0.341 e. The predicted octanol–water partition coefficient (Wildman–Crippen LogP) is 2.20. The Labute approximate surface area is 108 Å². The summed E-state index contributed by atoms with van der Waals surface area (Å²) in [6.07, 6.45) is 1.49. The molecule has 0 radical (unpaired) electrons. The summed E-state index contributed by atoms with van der Waals surface area (Å²) < 4.78 is 14.4. The van der Waals surface area contributed by atoms with Crippen molar-refractivity contribution in [2.75, 3.05) is 0 Å². The summed E-state index contributed by atoms with van der Waals surface area (Å²) in [5.41, 5.74) is 0.296. The number of halogens is 1. The number of rotatable bonds is 2. The molecule has 19 heavy (non-hydrogen) atoms. The van der Waals surface area contributed by atoms with Gasteiger partial charge in [-0.15, -0.1) is 0 Å². The molecule has 0 aliphatic rings. The Morgan fingerprint density at radius 3 is 2.58 bits per heavy atom. The van der Waals surface area contributed by atoms with Crippen molar-refractivity contribution in [3.63, 3.8) is 0 Å². The molecule has 0 fully saturated rings. The molecule has 0 spiro atoms. The summed E-state index contributed by atoms with van der Waals surface area (Å²) in [5.74, 6) is -1.66. The molecular formula is C14H12FNO3. The Balaban J connectivity index is 2.75. The maximum absolute atomic E-state index is 13.2. The minimum Gasteiger partial charge on any atom is -0.477 e. The van der Waals surface area contributed by atoms with Crippen molar-refractivity contribution in [1.82, 2.24) is 4.57 Å². The molecule has 1 aromatic heterocycles. The van der Waals surface area contributed by atoms with Crippen molar-refractivity contribution in [1.29, 1.82) is 0 Å². The zero-order chi connectivity index (χ0) is 14.2. The van der Waals surface area contributed by atoms with Crippen LogP contribution in [0.15, 0.2) is 35.3 Å². The number of aromatic carboxylic acids is 1. The Hall–Kier alpha value is -2.43. The quantitative estimate of drug-likeness (QED) is 0.901. The molecule has 1 N–H and O–H groups in total. The second-order valence-electron chi connectivity index (χ2n) is 4.29. The molecule has 0 amide bonds. The molecule has 98 valence electrons. The minimum absolute atomic E-state index is 0.290. The SMILES string of the molecule is Cc1cc(-c2ccn(C)c(=O)c2C(=O)O)ccc1F. The fourth-order valence-electron chi connectivity index (χ4n) is 1.89. The van der Waals surface area contributed by atoms with Crippen LogP contribution in [0.2, 0.25) is 0 Å². The van der Waals surface area contributed by atoms with Gasteiger partial charge in [0.05, 0.1) is 0 Å². The number of hydrogen-bond donors (Lipinski definition) is 1.